The molecule has 48 heavy (non-hydrogen) atoms. The molecule has 6 N–H and O–H groups in total. The second-order valence-corrected chi connectivity index (χ2v) is 13.6. The number of ether oxygens (including phenoxy) is 1. The van der Waals surface area contributed by atoms with Gasteiger partial charge in [-0.2, -0.15) is 0 Å². The van der Waals surface area contributed by atoms with Gasteiger partial charge >= 0.3 is 12.0 Å². The van der Waals surface area contributed by atoms with Crippen molar-refractivity contribution in [1.82, 2.24) is 20.9 Å². The lowest BCUT2D eigenvalue weighted by Gasteiger charge is -2.25. The number of likely N-dealkylation sites (tertiary alicyclic amines) is 1. The summed E-state index contributed by atoms with van der Waals surface area (Å²) in [7, 11) is 1.73. The van der Waals surface area contributed by atoms with Crippen LogP contribution in [0.3, 0.4) is 0 Å². The third-order valence-corrected chi connectivity index (χ3v) is 7.83. The molecule has 15 heteroatoms. The van der Waals surface area contributed by atoms with Crippen LogP contribution in [0.4, 0.5) is 10.5 Å². The number of hydrogen-bond acceptors (Lipinski definition) is 8. The van der Waals surface area contributed by atoms with Crippen LogP contribution >= 0.6 is 0 Å². The number of carbonyl (C=O) groups is 7. The molecule has 1 aliphatic rings. The summed E-state index contributed by atoms with van der Waals surface area (Å²) in [5, 5.41) is 10.8. The molecule has 1 aromatic rings. The minimum atomic E-state index is -0.989. The third-order valence-electron chi connectivity index (χ3n) is 7.83. The molecule has 7 amide bonds. The molecular formula is C33H51BN6O8. The number of nitrogens with one attached hydrogen (secondary N) is 4. The number of esters is 1. The zero-order valence-electron chi connectivity index (χ0n) is 29.0. The van der Waals surface area contributed by atoms with Gasteiger partial charge in [0.05, 0.1) is 5.41 Å². The summed E-state index contributed by atoms with van der Waals surface area (Å²) in [6, 6.07) is 4.14. The highest BCUT2D eigenvalue weighted by molar-refractivity contribution is 6.29. The number of unbranched alkanes of at least 4 members (excludes halogenated alkanes) is 2. The van der Waals surface area contributed by atoms with E-state index in [4.69, 9.17) is 10.5 Å². The number of imide groups is 1. The number of nitrogens with two attached hydrogens (primary N) is 1. The number of benzene rings is 1. The molecule has 1 unspecified atom stereocenters. The number of primary amides is 1. The molecule has 0 bridgehead atoms. The van der Waals surface area contributed by atoms with Gasteiger partial charge in [-0.25, -0.2) is 4.79 Å². The van der Waals surface area contributed by atoms with E-state index >= 15 is 0 Å². The Morgan fingerprint density at radius 1 is 0.979 bits per heavy atom. The molecule has 264 valence electrons. The van der Waals surface area contributed by atoms with Crippen molar-refractivity contribution in [3.05, 3.63) is 29.8 Å². The van der Waals surface area contributed by atoms with Gasteiger partial charge in [-0.1, -0.05) is 32.4 Å². The van der Waals surface area contributed by atoms with E-state index in [2.05, 4.69) is 21.3 Å². The van der Waals surface area contributed by atoms with Crippen LogP contribution in [0.1, 0.15) is 85.1 Å². The summed E-state index contributed by atoms with van der Waals surface area (Å²) in [6.07, 6.45) is 2.63. The number of rotatable bonds is 18. The molecular weight excluding hydrogens is 619 g/mol. The molecule has 1 saturated heterocycles. The van der Waals surface area contributed by atoms with E-state index in [1.165, 1.54) is 4.90 Å². The van der Waals surface area contributed by atoms with Gasteiger partial charge in [0.1, 0.15) is 26.5 Å². The maximum absolute atomic E-state index is 13.4. The van der Waals surface area contributed by atoms with Crippen molar-refractivity contribution < 1.29 is 38.3 Å². The van der Waals surface area contributed by atoms with E-state index in [1.54, 1.807) is 66.7 Å². The first kappa shape index (κ1) is 39.8. The standard InChI is InChI=1S/C33H51BN6O8/c1-20(2)27(39-25(41)11-7-6-8-17-40-26(42)18-23(34)30(40)45)29(44)38-24(10-9-16-36-32(35)47)28(43)37-22-14-12-21(13-15-22)19-48-31(46)33(3,4)5/h12-15,20,23-24,27H,6-11,16-19,34H2,1-5H3,(H,37,43)(H,38,44)(H,39,41)(H3,35,36,47)/t23?,24-,27-/m0/s1. The SMILES string of the molecule is BC1CC(=O)N(CCCCCC(=O)N[C@H](C(=O)N[C@@H](CCCNC(N)=O)C(=O)Nc2ccc(COC(=O)C(C)(C)C)cc2)C(C)C)C1=O. The van der Waals surface area contributed by atoms with Gasteiger partial charge < -0.3 is 31.7 Å². The fourth-order valence-electron chi connectivity index (χ4n) is 4.92. The van der Waals surface area contributed by atoms with Crippen LogP contribution in [-0.4, -0.2) is 79.5 Å². The highest BCUT2D eigenvalue weighted by Crippen LogP contribution is 2.22. The molecule has 0 radical (unpaired) electrons. The number of urea groups is 1. The summed E-state index contributed by atoms with van der Waals surface area (Å²) in [5.41, 5.74) is 5.71. The van der Waals surface area contributed by atoms with E-state index in [9.17, 15) is 33.6 Å². The number of hydrogen-bond donors (Lipinski definition) is 5. The van der Waals surface area contributed by atoms with Gasteiger partial charge in [-0.15, -0.1) is 0 Å². The molecule has 0 aliphatic carbocycles. The minimum Gasteiger partial charge on any atom is -0.460 e. The van der Waals surface area contributed by atoms with E-state index in [0.29, 0.717) is 37.9 Å². The van der Waals surface area contributed by atoms with Crippen molar-refractivity contribution in [2.75, 3.05) is 18.4 Å². The molecule has 0 aromatic heterocycles. The monoisotopic (exact) mass is 670 g/mol. The van der Waals surface area contributed by atoms with Crippen molar-refractivity contribution in [2.45, 2.75) is 104 Å². The van der Waals surface area contributed by atoms with Gasteiger partial charge in [0.15, 0.2) is 0 Å². The normalized spacial score (nSPS) is 15.9. The third kappa shape index (κ3) is 13.4. The second-order valence-electron chi connectivity index (χ2n) is 13.6. The molecule has 0 saturated carbocycles. The van der Waals surface area contributed by atoms with Crippen LogP contribution < -0.4 is 27.0 Å². The molecule has 1 fully saturated rings. The molecule has 14 nitrogen and oxygen atoms in total. The van der Waals surface area contributed by atoms with Crippen molar-refractivity contribution >= 4 is 55.1 Å². The Morgan fingerprint density at radius 3 is 2.21 bits per heavy atom. The molecule has 1 aromatic carbocycles. The highest BCUT2D eigenvalue weighted by atomic mass is 16.5. The fourth-order valence-corrected chi connectivity index (χ4v) is 4.92. The Bertz CT molecular complexity index is 1310. The Labute approximate surface area is 283 Å². The predicted molar refractivity (Wildman–Crippen MR) is 182 cm³/mol. The lowest BCUT2D eigenvalue weighted by Crippen LogP contribution is -2.54. The number of carbonyl (C=O) groups excluding carboxylic acids is 7. The van der Waals surface area contributed by atoms with Crippen molar-refractivity contribution in [3.63, 3.8) is 0 Å². The number of amides is 7. The van der Waals surface area contributed by atoms with Crippen molar-refractivity contribution in [3.8, 4) is 0 Å². The second kappa shape index (κ2) is 18.8. The Kier molecular flexibility index (Phi) is 15.6. The van der Waals surface area contributed by atoms with E-state index in [-0.39, 0.29) is 67.8 Å². The minimum absolute atomic E-state index is 0.0815. The zero-order chi connectivity index (χ0) is 36.0. The summed E-state index contributed by atoms with van der Waals surface area (Å²) in [5.74, 6) is -2.59. The number of anilines is 1. The lowest BCUT2D eigenvalue weighted by atomic mass is 9.86. The summed E-state index contributed by atoms with van der Waals surface area (Å²) in [4.78, 5) is 87.9. The van der Waals surface area contributed by atoms with Gasteiger partial charge in [0.25, 0.3) is 0 Å². The van der Waals surface area contributed by atoms with E-state index in [0.717, 1.165) is 5.56 Å². The first-order valence-electron chi connectivity index (χ1n) is 16.5. The summed E-state index contributed by atoms with van der Waals surface area (Å²) in [6.45, 7) is 9.46. The van der Waals surface area contributed by atoms with Crippen LogP contribution in [0.25, 0.3) is 0 Å². The van der Waals surface area contributed by atoms with E-state index in [1.807, 2.05) is 0 Å². The highest BCUT2D eigenvalue weighted by Gasteiger charge is 2.34. The van der Waals surface area contributed by atoms with Crippen LogP contribution in [0.2, 0.25) is 5.82 Å². The van der Waals surface area contributed by atoms with Gasteiger partial charge in [-0.3, -0.25) is 33.7 Å². The molecule has 1 heterocycles. The van der Waals surface area contributed by atoms with Gasteiger partial charge in [-0.05, 0) is 70.1 Å². The fraction of sp³-hybridized carbons (Fsp3) is 0.606. The molecule has 2 rings (SSSR count). The van der Waals surface area contributed by atoms with E-state index < -0.39 is 35.3 Å². The van der Waals surface area contributed by atoms with Gasteiger partial charge in [0.2, 0.25) is 29.5 Å². The lowest BCUT2D eigenvalue weighted by molar-refractivity contribution is -0.154. The zero-order valence-corrected chi connectivity index (χ0v) is 29.0. The van der Waals surface area contributed by atoms with Crippen molar-refractivity contribution in [1.29, 1.82) is 0 Å². The maximum Gasteiger partial charge on any atom is 0.312 e. The van der Waals surface area contributed by atoms with Crippen molar-refractivity contribution in [2.24, 2.45) is 17.1 Å². The molecule has 1 aliphatic heterocycles. The van der Waals surface area contributed by atoms with Crippen LogP contribution in [0, 0.1) is 11.3 Å². The average Bonchev–Trinajstić information content (AvgIpc) is 3.25. The Morgan fingerprint density at radius 2 is 1.65 bits per heavy atom. The van der Waals surface area contributed by atoms with Gasteiger partial charge in [0, 0.05) is 37.4 Å². The smallest absolute Gasteiger partial charge is 0.312 e. The van der Waals surface area contributed by atoms with Crippen LogP contribution in [-0.2, 0) is 40.1 Å². The average molecular weight is 671 g/mol. The Balaban J connectivity index is 1.95. The Hall–Kier alpha value is -4.43. The first-order valence-corrected chi connectivity index (χ1v) is 16.5. The topological polar surface area (TPSA) is 206 Å². The summed E-state index contributed by atoms with van der Waals surface area (Å²) >= 11 is 0. The molecule has 0 spiro atoms. The largest absolute Gasteiger partial charge is 0.460 e. The van der Waals surface area contributed by atoms with Crippen LogP contribution in [0.15, 0.2) is 24.3 Å². The predicted octanol–water partition coefficient (Wildman–Crippen LogP) is 1.53. The maximum atomic E-state index is 13.4. The molecule has 3 atom stereocenters. The van der Waals surface area contributed by atoms with Crippen LogP contribution in [0.5, 0.6) is 0 Å². The quantitative estimate of drug-likeness (QED) is 0.0669. The number of nitrogens with zero attached hydrogens (tertiary/aromatic N) is 1. The first-order chi connectivity index (χ1) is 22.5. The summed E-state index contributed by atoms with van der Waals surface area (Å²) < 4.78 is 5.33.